The van der Waals surface area contributed by atoms with Crippen molar-refractivity contribution in [3.05, 3.63) is 28.8 Å². The maximum Gasteiger partial charge on any atom is 0.310 e. The van der Waals surface area contributed by atoms with Gasteiger partial charge in [0.05, 0.1) is 5.92 Å². The van der Waals surface area contributed by atoms with Gasteiger partial charge in [-0.15, -0.1) is 0 Å². The second-order valence-electron chi connectivity index (χ2n) is 7.48. The highest BCUT2D eigenvalue weighted by Gasteiger charge is 2.32. The lowest BCUT2D eigenvalue weighted by Gasteiger charge is -2.33. The predicted molar refractivity (Wildman–Crippen MR) is 81.6 cm³/mol. The molecule has 1 aromatic rings. The van der Waals surface area contributed by atoms with Crippen LogP contribution in [0.5, 0.6) is 5.75 Å². The van der Waals surface area contributed by atoms with Gasteiger partial charge in [0, 0.05) is 5.56 Å². The summed E-state index contributed by atoms with van der Waals surface area (Å²) in [6.45, 7) is 14.1. The molecule has 0 amide bonds. The molecule has 2 N–H and O–H groups in total. The predicted octanol–water partition coefficient (Wildman–Crippen LogP) is 4.18. The number of carbonyl (C=O) groups is 1. The van der Waals surface area contributed by atoms with Crippen LogP contribution in [0, 0.1) is 0 Å². The third kappa shape index (κ3) is 3.14. The first-order chi connectivity index (χ1) is 8.87. The molecule has 0 fully saturated rings. The van der Waals surface area contributed by atoms with Gasteiger partial charge in [0.25, 0.3) is 0 Å². The molecule has 0 heterocycles. The van der Waals surface area contributed by atoms with E-state index in [0.717, 1.165) is 11.1 Å². The summed E-state index contributed by atoms with van der Waals surface area (Å²) in [7, 11) is 0. The van der Waals surface area contributed by atoms with Gasteiger partial charge in [0.15, 0.2) is 0 Å². The molecule has 1 atom stereocenters. The van der Waals surface area contributed by atoms with Crippen LogP contribution in [-0.2, 0) is 15.6 Å². The van der Waals surface area contributed by atoms with Gasteiger partial charge in [-0.05, 0) is 34.9 Å². The van der Waals surface area contributed by atoms with Crippen LogP contribution in [-0.4, -0.2) is 16.2 Å². The minimum absolute atomic E-state index is 0.0674. The lowest BCUT2D eigenvalue weighted by atomic mass is 9.71. The molecule has 0 radical (unpaired) electrons. The Hall–Kier alpha value is -1.51. The molecule has 112 valence electrons. The van der Waals surface area contributed by atoms with Crippen LogP contribution in [0.1, 0.15) is 71.1 Å². The van der Waals surface area contributed by atoms with E-state index in [2.05, 4.69) is 41.5 Å². The number of benzene rings is 1. The van der Waals surface area contributed by atoms with Crippen LogP contribution in [0.3, 0.4) is 0 Å². The minimum Gasteiger partial charge on any atom is -0.508 e. The number of phenols is 1. The van der Waals surface area contributed by atoms with Crippen molar-refractivity contribution in [3.8, 4) is 5.75 Å². The summed E-state index contributed by atoms with van der Waals surface area (Å²) in [6.07, 6.45) is 0. The molecule has 1 unspecified atom stereocenters. The normalized spacial score (nSPS) is 14.2. The van der Waals surface area contributed by atoms with Crippen molar-refractivity contribution in [2.24, 2.45) is 0 Å². The number of aliphatic carboxylic acids is 1. The van der Waals surface area contributed by atoms with E-state index in [0.29, 0.717) is 5.56 Å². The third-order valence-corrected chi connectivity index (χ3v) is 3.58. The summed E-state index contributed by atoms with van der Waals surface area (Å²) in [4.78, 5) is 11.4. The molecule has 20 heavy (non-hydrogen) atoms. The molecule has 0 aliphatic rings. The van der Waals surface area contributed by atoms with Crippen LogP contribution in [0.2, 0.25) is 0 Å². The lowest BCUT2D eigenvalue weighted by molar-refractivity contribution is -0.138. The van der Waals surface area contributed by atoms with Crippen LogP contribution >= 0.6 is 0 Å². The minimum atomic E-state index is -0.920. The molecule has 0 spiro atoms. The maximum absolute atomic E-state index is 11.4. The quantitative estimate of drug-likeness (QED) is 0.853. The monoisotopic (exact) mass is 278 g/mol. The first-order valence-corrected chi connectivity index (χ1v) is 6.97. The van der Waals surface area contributed by atoms with E-state index in [9.17, 15) is 15.0 Å². The van der Waals surface area contributed by atoms with Crippen molar-refractivity contribution in [2.45, 2.75) is 65.2 Å². The number of rotatable bonds is 2. The maximum atomic E-state index is 11.4. The van der Waals surface area contributed by atoms with Gasteiger partial charge in [-0.3, -0.25) is 4.79 Å². The molecular formula is C17H26O3. The zero-order valence-electron chi connectivity index (χ0n) is 13.5. The summed E-state index contributed by atoms with van der Waals surface area (Å²) in [5.41, 5.74) is 2.23. The fourth-order valence-electron chi connectivity index (χ4n) is 2.60. The van der Waals surface area contributed by atoms with Crippen LogP contribution in [0.25, 0.3) is 0 Å². The van der Waals surface area contributed by atoms with Crippen LogP contribution < -0.4 is 0 Å². The van der Waals surface area contributed by atoms with Gasteiger partial charge in [0.1, 0.15) is 5.75 Å². The Morgan fingerprint density at radius 2 is 1.55 bits per heavy atom. The Morgan fingerprint density at radius 3 is 1.90 bits per heavy atom. The molecular weight excluding hydrogens is 252 g/mol. The van der Waals surface area contributed by atoms with E-state index in [1.807, 2.05) is 6.07 Å². The summed E-state index contributed by atoms with van der Waals surface area (Å²) in [6, 6.07) is 3.53. The van der Waals surface area contributed by atoms with E-state index < -0.39 is 11.9 Å². The van der Waals surface area contributed by atoms with Crippen molar-refractivity contribution in [1.29, 1.82) is 0 Å². The topological polar surface area (TPSA) is 57.5 Å². The fraction of sp³-hybridized carbons (Fsp3) is 0.588. The van der Waals surface area contributed by atoms with Gasteiger partial charge in [0.2, 0.25) is 0 Å². The van der Waals surface area contributed by atoms with Crippen molar-refractivity contribution in [2.75, 3.05) is 0 Å². The van der Waals surface area contributed by atoms with Crippen molar-refractivity contribution in [1.82, 2.24) is 0 Å². The smallest absolute Gasteiger partial charge is 0.310 e. The van der Waals surface area contributed by atoms with Gasteiger partial charge in [-0.25, -0.2) is 0 Å². The lowest BCUT2D eigenvalue weighted by Crippen LogP contribution is -2.26. The Bertz CT molecular complexity index is 516. The number of phenolic OH excluding ortho intramolecular Hbond substituents is 1. The van der Waals surface area contributed by atoms with E-state index in [-0.39, 0.29) is 16.6 Å². The number of aromatic hydroxyl groups is 1. The zero-order chi connectivity index (χ0) is 15.9. The third-order valence-electron chi connectivity index (χ3n) is 3.58. The van der Waals surface area contributed by atoms with E-state index in [4.69, 9.17) is 0 Å². The summed E-state index contributed by atoms with van der Waals surface area (Å²) < 4.78 is 0. The first-order valence-electron chi connectivity index (χ1n) is 6.97. The Morgan fingerprint density at radius 1 is 1.05 bits per heavy atom. The molecule has 0 aliphatic heterocycles. The van der Waals surface area contributed by atoms with Gasteiger partial charge < -0.3 is 10.2 Å². The molecule has 3 nitrogen and oxygen atoms in total. The Labute approximate surface area is 121 Å². The van der Waals surface area contributed by atoms with Crippen molar-refractivity contribution in [3.63, 3.8) is 0 Å². The zero-order valence-corrected chi connectivity index (χ0v) is 13.5. The largest absolute Gasteiger partial charge is 0.508 e. The van der Waals surface area contributed by atoms with Crippen LogP contribution in [0.15, 0.2) is 12.1 Å². The molecule has 0 saturated heterocycles. The summed E-state index contributed by atoms with van der Waals surface area (Å²) >= 11 is 0. The van der Waals surface area contributed by atoms with Crippen molar-refractivity contribution < 1.29 is 15.0 Å². The highest BCUT2D eigenvalue weighted by Crippen LogP contribution is 2.42. The number of hydrogen-bond donors (Lipinski definition) is 2. The number of carboxylic acid groups (broad SMARTS) is 1. The van der Waals surface area contributed by atoms with Crippen LogP contribution in [0.4, 0.5) is 0 Å². The van der Waals surface area contributed by atoms with E-state index >= 15 is 0 Å². The fourth-order valence-corrected chi connectivity index (χ4v) is 2.60. The van der Waals surface area contributed by atoms with Crippen molar-refractivity contribution >= 4 is 5.97 Å². The summed E-state index contributed by atoms with van der Waals surface area (Å²) in [5.74, 6) is -1.58. The van der Waals surface area contributed by atoms with E-state index in [1.54, 1.807) is 13.0 Å². The van der Waals surface area contributed by atoms with Gasteiger partial charge in [-0.2, -0.15) is 0 Å². The Kier molecular flexibility index (Phi) is 4.23. The highest BCUT2D eigenvalue weighted by atomic mass is 16.4. The molecule has 0 bridgehead atoms. The Balaban J connectivity index is 3.78. The van der Waals surface area contributed by atoms with E-state index in [1.165, 1.54) is 0 Å². The second kappa shape index (κ2) is 5.12. The molecule has 0 saturated carbocycles. The van der Waals surface area contributed by atoms with Gasteiger partial charge in [-0.1, -0.05) is 47.6 Å². The first kappa shape index (κ1) is 16.5. The number of hydrogen-bond acceptors (Lipinski definition) is 2. The number of carboxylic acids is 1. The SMILES string of the molecule is CC(C(=O)O)c1c(O)ccc(C(C)(C)C)c1C(C)(C)C. The second-order valence-corrected chi connectivity index (χ2v) is 7.48. The average molecular weight is 278 g/mol. The van der Waals surface area contributed by atoms with Gasteiger partial charge >= 0.3 is 5.97 Å². The molecule has 1 aromatic carbocycles. The molecule has 0 aliphatic carbocycles. The molecule has 0 aromatic heterocycles. The highest BCUT2D eigenvalue weighted by molar-refractivity contribution is 5.78. The average Bonchev–Trinajstić information content (AvgIpc) is 2.24. The summed E-state index contributed by atoms with van der Waals surface area (Å²) in [5, 5.41) is 19.5. The molecule has 3 heteroatoms. The molecule has 1 rings (SSSR count). The standard InChI is InChI=1S/C17H26O3/c1-10(15(19)20)13-12(18)9-8-11(16(2,3)4)14(13)17(5,6)7/h8-10,18H,1-7H3,(H,19,20).